The minimum absolute atomic E-state index is 0.0720. The van der Waals surface area contributed by atoms with Crippen molar-refractivity contribution in [1.82, 2.24) is 41.9 Å². The third-order valence-electron chi connectivity index (χ3n) is 10.8. The fourth-order valence-corrected chi connectivity index (χ4v) is 6.67. The molecule has 0 fully saturated rings. The van der Waals surface area contributed by atoms with E-state index in [4.69, 9.17) is 24.5 Å². The normalized spacial score (nSPS) is 22.4. The van der Waals surface area contributed by atoms with Gasteiger partial charge in [0.2, 0.25) is 23.6 Å². The quantitative estimate of drug-likeness (QED) is 0.0206. The summed E-state index contributed by atoms with van der Waals surface area (Å²) in [7, 11) is -3.45. The van der Waals surface area contributed by atoms with Crippen LogP contribution in [0.15, 0.2) is 60.4 Å². The Hall–Kier alpha value is -6.60. The van der Waals surface area contributed by atoms with Gasteiger partial charge >= 0.3 is 34.3 Å². The molecule has 0 aromatic heterocycles. The van der Waals surface area contributed by atoms with Crippen LogP contribution < -0.4 is 47.7 Å². The molecule has 1 aliphatic rings. The molecule has 9 amide bonds. The van der Waals surface area contributed by atoms with Crippen LogP contribution in [0.25, 0.3) is 0 Å². The summed E-state index contributed by atoms with van der Waals surface area (Å²) < 4.78 is 49.7. The lowest BCUT2D eigenvalue weighted by molar-refractivity contribution is -0.176. The van der Waals surface area contributed by atoms with Gasteiger partial charge in [-0.15, -0.1) is 0 Å². The third-order valence-corrected chi connectivity index (χ3v) is 11.3. The number of hydrogen-bond donors (Lipinski definition) is 10. The number of hydrogen-bond acceptors (Lipinski definition) is 14. The van der Waals surface area contributed by atoms with Crippen molar-refractivity contribution in [3.63, 3.8) is 0 Å². The third kappa shape index (κ3) is 26.6. The largest absolute Gasteiger partial charge is 0.460 e. The van der Waals surface area contributed by atoms with Crippen molar-refractivity contribution in [2.24, 2.45) is 23.0 Å². The van der Waals surface area contributed by atoms with E-state index in [-0.39, 0.29) is 43.8 Å². The van der Waals surface area contributed by atoms with Gasteiger partial charge in [-0.1, -0.05) is 77.2 Å². The molecule has 0 spiro atoms. The highest BCUT2D eigenvalue weighted by Crippen LogP contribution is 2.31. The molecule has 0 bridgehead atoms. The summed E-state index contributed by atoms with van der Waals surface area (Å²) in [4.78, 5) is 118. The Bertz CT molecular complexity index is 2120. The second-order valence-electron chi connectivity index (χ2n) is 17.6. The van der Waals surface area contributed by atoms with E-state index in [1.165, 1.54) is 37.8 Å². The van der Waals surface area contributed by atoms with E-state index in [1.807, 2.05) is 19.1 Å². The lowest BCUT2D eigenvalue weighted by Crippen LogP contribution is -2.56. The number of nitrogens with one attached hydrogen (secondary N) is 8. The van der Waals surface area contributed by atoms with Crippen molar-refractivity contribution < 1.29 is 70.3 Å². The van der Waals surface area contributed by atoms with Gasteiger partial charge < -0.3 is 57.2 Å². The van der Waals surface area contributed by atoms with Crippen LogP contribution in [0.2, 0.25) is 0 Å². The Morgan fingerprint density at radius 1 is 0.944 bits per heavy atom. The molecule has 1 aliphatic heterocycles. The van der Waals surface area contributed by atoms with E-state index in [0.29, 0.717) is 18.8 Å². The Morgan fingerprint density at radius 2 is 1.62 bits per heavy atom. The van der Waals surface area contributed by atoms with Gasteiger partial charge in [0.05, 0.1) is 18.1 Å². The molecule has 0 aliphatic carbocycles. The first kappa shape index (κ1) is 63.4. The van der Waals surface area contributed by atoms with Gasteiger partial charge in [-0.25, -0.2) is 14.3 Å². The topological polar surface area (TPSA) is 358 Å². The van der Waals surface area contributed by atoms with Gasteiger partial charge in [0.15, 0.2) is 0 Å². The summed E-state index contributed by atoms with van der Waals surface area (Å²) in [6.07, 6.45) is 15.2. The molecule has 11 N–H and O–H groups in total. The van der Waals surface area contributed by atoms with E-state index in [1.54, 1.807) is 26.0 Å². The van der Waals surface area contributed by atoms with Crippen LogP contribution in [0.1, 0.15) is 99.8 Å². The fraction of sp³-hybridized carbons (Fsp3) is 0.596. The van der Waals surface area contributed by atoms with Crippen molar-refractivity contribution in [3.8, 4) is 0 Å². The zero-order valence-electron chi connectivity index (χ0n) is 42.4. The minimum atomic E-state index is -4.88. The summed E-state index contributed by atoms with van der Waals surface area (Å²) >= 11 is 0. The Morgan fingerprint density at radius 3 is 2.25 bits per heavy atom. The number of carbonyl (C=O) groups is 9. The number of esters is 2. The highest BCUT2D eigenvalue weighted by atomic mass is 32.2. The molecule has 0 aromatic carbocycles. The maximum absolute atomic E-state index is 14.2. The van der Waals surface area contributed by atoms with E-state index in [2.05, 4.69) is 63.2 Å². The lowest BCUT2D eigenvalue weighted by Gasteiger charge is -2.35. The number of methoxy groups -OCH3 is 1. The predicted octanol–water partition coefficient (Wildman–Crippen LogP) is 1.51. The van der Waals surface area contributed by atoms with Crippen molar-refractivity contribution in [1.29, 1.82) is 0 Å². The lowest BCUT2D eigenvalue weighted by atomic mass is 9.83. The molecule has 25 heteroatoms. The molecule has 0 radical (unpaired) electrons. The Labute approximate surface area is 421 Å². The first-order valence-corrected chi connectivity index (χ1v) is 25.1. The van der Waals surface area contributed by atoms with Crippen LogP contribution in [0.5, 0.6) is 0 Å². The summed E-state index contributed by atoms with van der Waals surface area (Å²) in [5.41, 5.74) is 3.32. The molecular formula is C47H75N9O15S. The van der Waals surface area contributed by atoms with Crippen LogP contribution in [0, 0.1) is 17.3 Å². The smallest absolute Gasteiger partial charge is 0.361 e. The summed E-state index contributed by atoms with van der Waals surface area (Å²) in [6.45, 7) is 10.1. The minimum Gasteiger partial charge on any atom is -0.460 e. The van der Waals surface area contributed by atoms with Crippen molar-refractivity contribution >= 4 is 63.8 Å². The molecule has 1 rings (SSSR count). The van der Waals surface area contributed by atoms with Gasteiger partial charge in [-0.2, -0.15) is 8.42 Å². The number of cyclic esters (lactones) is 2. The molecule has 72 heavy (non-hydrogen) atoms. The average Bonchev–Trinajstić information content (AvgIpc) is 3.30. The summed E-state index contributed by atoms with van der Waals surface area (Å²) in [5, 5.41) is 16.2. The summed E-state index contributed by atoms with van der Waals surface area (Å²) in [5.74, 6) is -6.34. The number of nitrogens with two attached hydrogens (primary N) is 1. The van der Waals surface area contributed by atoms with Crippen LogP contribution in [0.3, 0.4) is 0 Å². The molecular weight excluding hydrogens is 963 g/mol. The fourth-order valence-electron chi connectivity index (χ4n) is 6.36. The van der Waals surface area contributed by atoms with Gasteiger partial charge in [-0.3, -0.25) is 38.1 Å². The zero-order chi connectivity index (χ0) is 54.4. The van der Waals surface area contributed by atoms with Crippen LogP contribution >= 0.6 is 0 Å². The van der Waals surface area contributed by atoms with Gasteiger partial charge in [0.25, 0.3) is 5.91 Å². The van der Waals surface area contributed by atoms with Crippen LogP contribution in [0.4, 0.5) is 9.59 Å². The number of rotatable bonds is 20. The number of carbonyl (C=O) groups excluding carboxylic acids is 9. The second kappa shape index (κ2) is 33.1. The molecule has 0 saturated heterocycles. The van der Waals surface area contributed by atoms with Gasteiger partial charge in [0, 0.05) is 32.7 Å². The van der Waals surface area contributed by atoms with Crippen molar-refractivity contribution in [3.05, 3.63) is 60.4 Å². The molecule has 6 atom stereocenters. The maximum atomic E-state index is 14.2. The first-order valence-electron chi connectivity index (χ1n) is 23.7. The molecule has 0 saturated carbocycles. The molecule has 404 valence electrons. The summed E-state index contributed by atoms with van der Waals surface area (Å²) in [6, 6.07) is -5.42. The van der Waals surface area contributed by atoms with Crippen molar-refractivity contribution in [2.45, 2.75) is 130 Å². The van der Waals surface area contributed by atoms with E-state index < -0.39 is 119 Å². The molecule has 24 nitrogen and oxygen atoms in total. The van der Waals surface area contributed by atoms with Gasteiger partial charge in [0.1, 0.15) is 36.5 Å². The number of primary amides is 1. The zero-order valence-corrected chi connectivity index (χ0v) is 43.2. The van der Waals surface area contributed by atoms with E-state index in [9.17, 15) is 51.6 Å². The van der Waals surface area contributed by atoms with Gasteiger partial charge in [-0.05, 0) is 76.7 Å². The van der Waals surface area contributed by atoms with Crippen molar-refractivity contribution in [2.75, 3.05) is 33.3 Å². The SMILES string of the molecule is CC/C=C1/NC(=O)/C=C/[C@H]([C@@H](C)CC)OC(=O)C(C)(C)[C@H](C[C@H](/C=C/C=C/C/C=C\CCC(C)C)OC)OC(=O)CNC(=O)[C@H](CNC(N)=O)NC(=O)CNC(=O)[C@@H](CCCNC(=O)NS(=O)(=O)O)NC1=O. The number of ether oxygens (including phenoxy) is 3. The average molecular weight is 1040 g/mol. The second-order valence-corrected chi connectivity index (χ2v) is 18.8. The monoisotopic (exact) mass is 1040 g/mol. The number of urea groups is 2. The molecule has 0 unspecified atom stereocenters. The molecule has 1 heterocycles. The Kier molecular flexibility index (Phi) is 29.2. The van der Waals surface area contributed by atoms with E-state index in [0.717, 1.165) is 18.9 Å². The highest BCUT2D eigenvalue weighted by Gasteiger charge is 2.43. The first-order chi connectivity index (χ1) is 33.8. The van der Waals surface area contributed by atoms with E-state index >= 15 is 0 Å². The molecule has 0 aromatic rings. The maximum Gasteiger partial charge on any atom is 0.361 e. The Balaban J connectivity index is 3.71. The standard InChI is InChI=1S/C47H75N9O15S/c1-9-19-33-43(62)55-34(22-18-25-49-46(65)56-72(66,67)68)41(60)50-28-39(58)54-35(27-52-45(48)64)42(61)51-29-40(59)71-37(26-32(69-8)21-17-15-13-11-12-14-16-20-30(3)4)47(6,7)44(63)70-36(31(5)10-2)23-24-38(57)53-33/h12-15,17,19,21,23-24,30-32,34-37H,9-11,16,18,20,22,25-29H2,1-8H3,(H,50,60)(H,51,61)(H,53,57)(H,54,58)(H,55,62)(H3,48,52,64)(H2,49,56,65)(H,66,67,68)/b14-12-,15-13+,21-17+,24-23+,33-19+/t31-,32-,34+,35-,36+,37-/m0/s1. The predicted molar refractivity (Wildman–Crippen MR) is 265 cm³/mol. The number of allylic oxidation sites excluding steroid dienone is 6. The highest BCUT2D eigenvalue weighted by molar-refractivity contribution is 7.84. The van der Waals surface area contributed by atoms with Crippen LogP contribution in [-0.2, 0) is 58.1 Å². The number of amides is 9. The van der Waals surface area contributed by atoms with Crippen LogP contribution in [-0.4, -0.2) is 130 Å².